The fraction of sp³-hybridized carbons (Fsp3) is 0.667. The molecule has 0 bridgehead atoms. The van der Waals surface area contributed by atoms with Crippen LogP contribution in [0.2, 0.25) is 0 Å². The minimum absolute atomic E-state index is 0.589. The van der Waals surface area contributed by atoms with Gasteiger partial charge in [-0.2, -0.15) is 0 Å². The van der Waals surface area contributed by atoms with E-state index in [4.69, 9.17) is 4.74 Å². The second-order valence-corrected chi connectivity index (χ2v) is 6.38. The molecule has 3 nitrogen and oxygen atoms in total. The zero-order chi connectivity index (χ0) is 15.2. The van der Waals surface area contributed by atoms with Gasteiger partial charge in [-0.25, -0.2) is 0 Å². The molecule has 1 aromatic rings. The normalized spacial score (nSPS) is 22.6. The quantitative estimate of drug-likeness (QED) is 0.865. The Bertz CT molecular complexity index is 416. The summed E-state index contributed by atoms with van der Waals surface area (Å²) in [6, 6.07) is 9.76. The minimum atomic E-state index is 0.589. The number of nitrogens with one attached hydrogen (secondary N) is 1. The number of hydrogen-bond donors (Lipinski definition) is 1. The summed E-state index contributed by atoms with van der Waals surface area (Å²) >= 11 is 0. The van der Waals surface area contributed by atoms with Crippen molar-refractivity contribution < 1.29 is 4.74 Å². The largest absolute Gasteiger partial charge is 0.494 e. The zero-order valence-corrected chi connectivity index (χ0v) is 13.9. The highest BCUT2D eigenvalue weighted by atomic mass is 16.5. The van der Waals surface area contributed by atoms with E-state index >= 15 is 0 Å². The van der Waals surface area contributed by atoms with Crippen molar-refractivity contribution in [2.45, 2.75) is 52.6 Å². The van der Waals surface area contributed by atoms with Gasteiger partial charge in [0.25, 0.3) is 0 Å². The molecule has 21 heavy (non-hydrogen) atoms. The molecule has 2 atom stereocenters. The molecule has 0 aromatic heterocycles. The van der Waals surface area contributed by atoms with Crippen LogP contribution in [0.1, 0.15) is 40.5 Å². The summed E-state index contributed by atoms with van der Waals surface area (Å²) in [6.45, 7) is 11.8. The van der Waals surface area contributed by atoms with E-state index in [1.54, 1.807) is 0 Å². The Labute approximate surface area is 129 Å². The molecular weight excluding hydrogens is 260 g/mol. The van der Waals surface area contributed by atoms with E-state index in [1.807, 2.05) is 6.92 Å². The van der Waals surface area contributed by atoms with Gasteiger partial charge in [-0.3, -0.25) is 0 Å². The lowest BCUT2D eigenvalue weighted by Gasteiger charge is -2.42. The van der Waals surface area contributed by atoms with E-state index in [2.05, 4.69) is 55.3 Å². The van der Waals surface area contributed by atoms with Crippen LogP contribution in [0.5, 0.6) is 5.75 Å². The molecular formula is C18H30N2O. The van der Waals surface area contributed by atoms with Crippen molar-refractivity contribution in [3.8, 4) is 5.75 Å². The summed E-state index contributed by atoms with van der Waals surface area (Å²) < 4.78 is 5.54. The molecule has 0 aliphatic carbocycles. The summed E-state index contributed by atoms with van der Waals surface area (Å²) in [5, 5.41) is 3.72. The van der Waals surface area contributed by atoms with Gasteiger partial charge in [0.2, 0.25) is 0 Å². The third-order valence-corrected chi connectivity index (χ3v) is 4.21. The molecule has 0 amide bonds. The maximum Gasteiger partial charge on any atom is 0.119 e. The molecule has 118 valence electrons. The number of rotatable bonds is 6. The summed E-state index contributed by atoms with van der Waals surface area (Å²) in [6.07, 6.45) is 2.42. The highest BCUT2D eigenvalue weighted by Gasteiger charge is 2.27. The number of ether oxygens (including phenoxy) is 1. The van der Waals surface area contributed by atoms with Crippen LogP contribution in [0.3, 0.4) is 0 Å². The van der Waals surface area contributed by atoms with Crippen LogP contribution in [0, 0.1) is 5.92 Å². The first kappa shape index (κ1) is 16.2. The smallest absolute Gasteiger partial charge is 0.119 e. The van der Waals surface area contributed by atoms with Gasteiger partial charge in [0.15, 0.2) is 0 Å². The number of anilines is 1. The Morgan fingerprint density at radius 1 is 1.24 bits per heavy atom. The molecule has 1 heterocycles. The van der Waals surface area contributed by atoms with Crippen molar-refractivity contribution >= 4 is 5.69 Å². The first-order valence-corrected chi connectivity index (χ1v) is 8.36. The lowest BCUT2D eigenvalue weighted by atomic mass is 9.98. The first-order valence-electron chi connectivity index (χ1n) is 8.36. The van der Waals surface area contributed by atoms with Gasteiger partial charge in [-0.15, -0.1) is 0 Å². The molecule has 3 heteroatoms. The SMILES string of the molecule is CCOc1ccc(N2CC(CC(C)C)NCC2CC)cc1. The second kappa shape index (κ2) is 7.69. The molecule has 1 N–H and O–H groups in total. The Hall–Kier alpha value is -1.22. The molecule has 0 spiro atoms. The molecule has 0 saturated carbocycles. The lowest BCUT2D eigenvalue weighted by Crippen LogP contribution is -2.56. The van der Waals surface area contributed by atoms with Crippen LogP contribution in [0.25, 0.3) is 0 Å². The third-order valence-electron chi connectivity index (χ3n) is 4.21. The van der Waals surface area contributed by atoms with Crippen molar-refractivity contribution in [3.63, 3.8) is 0 Å². The molecule has 1 aliphatic rings. The van der Waals surface area contributed by atoms with Crippen molar-refractivity contribution in [1.82, 2.24) is 5.32 Å². The van der Waals surface area contributed by atoms with Crippen LogP contribution in [0.15, 0.2) is 24.3 Å². The fourth-order valence-electron chi connectivity index (χ4n) is 3.17. The van der Waals surface area contributed by atoms with Crippen LogP contribution in [-0.2, 0) is 0 Å². The average Bonchev–Trinajstić information content (AvgIpc) is 2.48. The molecule has 0 radical (unpaired) electrons. The Balaban J connectivity index is 2.08. The van der Waals surface area contributed by atoms with Crippen LogP contribution in [0.4, 0.5) is 5.69 Å². The minimum Gasteiger partial charge on any atom is -0.494 e. The molecule has 2 unspecified atom stereocenters. The van der Waals surface area contributed by atoms with Gasteiger partial charge in [-0.1, -0.05) is 20.8 Å². The Kier molecular flexibility index (Phi) is 5.92. The lowest BCUT2D eigenvalue weighted by molar-refractivity contribution is 0.338. The molecule has 1 fully saturated rings. The van der Waals surface area contributed by atoms with Crippen LogP contribution >= 0.6 is 0 Å². The van der Waals surface area contributed by atoms with Crippen LogP contribution in [-0.4, -0.2) is 31.8 Å². The second-order valence-electron chi connectivity index (χ2n) is 6.38. The number of hydrogen-bond acceptors (Lipinski definition) is 3. The number of nitrogens with zero attached hydrogens (tertiary/aromatic N) is 1. The summed E-state index contributed by atoms with van der Waals surface area (Å²) in [5.74, 6) is 1.70. The van der Waals surface area contributed by atoms with Gasteiger partial charge in [0, 0.05) is 30.9 Å². The average molecular weight is 290 g/mol. The molecule has 1 saturated heterocycles. The van der Waals surface area contributed by atoms with Crippen molar-refractivity contribution in [1.29, 1.82) is 0 Å². The van der Waals surface area contributed by atoms with E-state index in [9.17, 15) is 0 Å². The Morgan fingerprint density at radius 3 is 2.52 bits per heavy atom. The summed E-state index contributed by atoms with van der Waals surface area (Å²) in [5.41, 5.74) is 1.32. The number of piperazine rings is 1. The van der Waals surface area contributed by atoms with Crippen molar-refractivity contribution in [2.24, 2.45) is 5.92 Å². The first-order chi connectivity index (χ1) is 10.1. The van der Waals surface area contributed by atoms with Gasteiger partial charge < -0.3 is 15.0 Å². The highest BCUT2D eigenvalue weighted by Crippen LogP contribution is 2.25. The van der Waals surface area contributed by atoms with E-state index in [0.717, 1.165) is 31.4 Å². The monoisotopic (exact) mass is 290 g/mol. The van der Waals surface area contributed by atoms with Crippen molar-refractivity contribution in [2.75, 3.05) is 24.6 Å². The van der Waals surface area contributed by atoms with Gasteiger partial charge in [-0.05, 0) is 49.9 Å². The maximum absolute atomic E-state index is 5.54. The maximum atomic E-state index is 5.54. The third kappa shape index (κ3) is 4.37. The van der Waals surface area contributed by atoms with E-state index in [0.29, 0.717) is 12.1 Å². The van der Waals surface area contributed by atoms with Crippen LogP contribution < -0.4 is 15.0 Å². The summed E-state index contributed by atoms with van der Waals surface area (Å²) in [7, 11) is 0. The Morgan fingerprint density at radius 2 is 1.95 bits per heavy atom. The van der Waals surface area contributed by atoms with Crippen molar-refractivity contribution in [3.05, 3.63) is 24.3 Å². The van der Waals surface area contributed by atoms with E-state index in [1.165, 1.54) is 18.5 Å². The zero-order valence-electron chi connectivity index (χ0n) is 13.9. The topological polar surface area (TPSA) is 24.5 Å². The fourth-order valence-corrected chi connectivity index (χ4v) is 3.17. The molecule has 2 rings (SSSR count). The standard InChI is InChI=1S/C18H30N2O/c1-5-16-12-19-15(11-14(3)4)13-20(16)17-7-9-18(10-8-17)21-6-2/h7-10,14-16,19H,5-6,11-13H2,1-4H3. The predicted octanol–water partition coefficient (Wildman–Crippen LogP) is 3.69. The summed E-state index contributed by atoms with van der Waals surface area (Å²) in [4.78, 5) is 2.57. The predicted molar refractivity (Wildman–Crippen MR) is 90.3 cm³/mol. The molecule has 1 aliphatic heterocycles. The number of benzene rings is 1. The van der Waals surface area contributed by atoms with Gasteiger partial charge in [0.05, 0.1) is 6.61 Å². The highest BCUT2D eigenvalue weighted by molar-refractivity contribution is 5.50. The van der Waals surface area contributed by atoms with E-state index < -0.39 is 0 Å². The van der Waals surface area contributed by atoms with Gasteiger partial charge in [0.1, 0.15) is 5.75 Å². The molecule has 1 aromatic carbocycles. The van der Waals surface area contributed by atoms with E-state index in [-0.39, 0.29) is 0 Å². The van der Waals surface area contributed by atoms with Gasteiger partial charge >= 0.3 is 0 Å².